The maximum absolute atomic E-state index is 11.6. The van der Waals surface area contributed by atoms with Crippen LogP contribution in [0.1, 0.15) is 15.9 Å². The number of Topliss-reactive ketones (excluding diaryl/α,β-unsaturated/α-hetero) is 1. The maximum Gasteiger partial charge on any atom is 0.250 e. The van der Waals surface area contributed by atoms with Crippen molar-refractivity contribution >= 4 is 5.78 Å². The molecule has 85 valence electrons. The van der Waals surface area contributed by atoms with Gasteiger partial charge in [-0.3, -0.25) is 14.6 Å². The smallest absolute Gasteiger partial charge is 0.250 e. The van der Waals surface area contributed by atoms with Crippen molar-refractivity contribution in [3.63, 3.8) is 0 Å². The Hall–Kier alpha value is -2.23. The summed E-state index contributed by atoms with van der Waals surface area (Å²) in [7, 11) is 0. The Morgan fingerprint density at radius 2 is 1.94 bits per heavy atom. The normalized spacial score (nSPS) is 10.2. The van der Waals surface area contributed by atoms with Crippen LogP contribution >= 0.6 is 0 Å². The van der Waals surface area contributed by atoms with Gasteiger partial charge in [0.15, 0.2) is 5.78 Å². The van der Waals surface area contributed by atoms with Crippen LogP contribution in [0.3, 0.4) is 0 Å². The Balaban J connectivity index is 2.36. The SMILES string of the molecule is [CH2]C(=O)c1ccc(=O)n(Cc2ccncc2)c1. The molecule has 0 saturated carbocycles. The molecule has 0 bridgehead atoms. The molecule has 0 unspecified atom stereocenters. The van der Waals surface area contributed by atoms with Gasteiger partial charge in [-0.15, -0.1) is 0 Å². The highest BCUT2D eigenvalue weighted by Crippen LogP contribution is 2.01. The van der Waals surface area contributed by atoms with E-state index in [1.807, 2.05) is 12.1 Å². The molecular formula is C13H11N2O2. The highest BCUT2D eigenvalue weighted by atomic mass is 16.1. The van der Waals surface area contributed by atoms with Crippen LogP contribution in [-0.4, -0.2) is 15.3 Å². The van der Waals surface area contributed by atoms with Gasteiger partial charge in [-0.1, -0.05) is 0 Å². The summed E-state index contributed by atoms with van der Waals surface area (Å²) in [5, 5.41) is 0. The second-order valence-corrected chi connectivity index (χ2v) is 3.66. The van der Waals surface area contributed by atoms with Crippen LogP contribution in [0.25, 0.3) is 0 Å². The molecule has 2 rings (SSSR count). The Morgan fingerprint density at radius 3 is 2.59 bits per heavy atom. The zero-order chi connectivity index (χ0) is 12.3. The van der Waals surface area contributed by atoms with Gasteiger partial charge in [0.25, 0.3) is 5.56 Å². The number of hydrogen-bond acceptors (Lipinski definition) is 3. The quantitative estimate of drug-likeness (QED) is 0.743. The second kappa shape index (κ2) is 4.74. The Labute approximate surface area is 98.6 Å². The Bertz CT molecular complexity index is 588. The number of ketones is 1. The fraction of sp³-hybridized carbons (Fsp3) is 0.0769. The Kier molecular flexibility index (Phi) is 3.14. The second-order valence-electron chi connectivity index (χ2n) is 3.66. The van der Waals surface area contributed by atoms with E-state index < -0.39 is 0 Å². The number of pyridine rings is 2. The lowest BCUT2D eigenvalue weighted by molar-refractivity contribution is 0.104. The van der Waals surface area contributed by atoms with Crippen molar-refractivity contribution < 1.29 is 4.79 Å². The standard InChI is InChI=1S/C13H11N2O2/c1-10(16)12-2-3-13(17)15(9-12)8-11-4-6-14-7-5-11/h2-7,9H,1,8H2. The molecule has 2 heterocycles. The highest BCUT2D eigenvalue weighted by molar-refractivity contribution is 5.98. The van der Waals surface area contributed by atoms with E-state index >= 15 is 0 Å². The van der Waals surface area contributed by atoms with Crippen LogP contribution in [0.15, 0.2) is 47.7 Å². The van der Waals surface area contributed by atoms with E-state index in [0.717, 1.165) is 5.56 Å². The molecule has 4 nitrogen and oxygen atoms in total. The van der Waals surface area contributed by atoms with Gasteiger partial charge in [-0.2, -0.15) is 0 Å². The van der Waals surface area contributed by atoms with Gasteiger partial charge in [0.1, 0.15) is 0 Å². The van der Waals surface area contributed by atoms with Crippen molar-refractivity contribution in [2.45, 2.75) is 6.54 Å². The van der Waals surface area contributed by atoms with Gasteiger partial charge in [-0.25, -0.2) is 0 Å². The minimum absolute atomic E-state index is 0.146. The lowest BCUT2D eigenvalue weighted by Gasteiger charge is -2.06. The fourth-order valence-electron chi connectivity index (χ4n) is 1.50. The molecule has 0 aliphatic carbocycles. The van der Waals surface area contributed by atoms with E-state index in [4.69, 9.17) is 0 Å². The number of hydrogen-bond donors (Lipinski definition) is 0. The minimum Gasteiger partial charge on any atom is -0.310 e. The van der Waals surface area contributed by atoms with Gasteiger partial charge in [-0.05, 0) is 23.8 Å². The molecule has 0 atom stereocenters. The fourth-order valence-corrected chi connectivity index (χ4v) is 1.50. The maximum atomic E-state index is 11.6. The monoisotopic (exact) mass is 227 g/mol. The van der Waals surface area contributed by atoms with Crippen molar-refractivity contribution in [3.8, 4) is 0 Å². The van der Waals surface area contributed by atoms with Crippen LogP contribution < -0.4 is 5.56 Å². The van der Waals surface area contributed by atoms with Crippen LogP contribution in [0.2, 0.25) is 0 Å². The predicted molar refractivity (Wildman–Crippen MR) is 63.7 cm³/mol. The van der Waals surface area contributed by atoms with Crippen LogP contribution in [0.4, 0.5) is 0 Å². The molecule has 2 aromatic rings. The molecule has 0 aliphatic heterocycles. The van der Waals surface area contributed by atoms with Crippen molar-refractivity contribution in [2.24, 2.45) is 0 Å². The molecule has 4 heteroatoms. The number of aromatic nitrogens is 2. The first-order valence-electron chi connectivity index (χ1n) is 5.12. The molecule has 17 heavy (non-hydrogen) atoms. The third kappa shape index (κ3) is 2.66. The highest BCUT2D eigenvalue weighted by Gasteiger charge is 2.03. The third-order valence-electron chi connectivity index (χ3n) is 2.41. The largest absolute Gasteiger partial charge is 0.310 e. The van der Waals surface area contributed by atoms with Gasteiger partial charge in [0.2, 0.25) is 0 Å². The molecule has 0 saturated heterocycles. The lowest BCUT2D eigenvalue weighted by Crippen LogP contribution is -2.20. The first kappa shape index (κ1) is 11.3. The molecule has 0 aromatic carbocycles. The first-order chi connectivity index (χ1) is 8.16. The molecule has 0 spiro atoms. The van der Waals surface area contributed by atoms with Crippen LogP contribution in [0.5, 0.6) is 0 Å². The average Bonchev–Trinajstić information content (AvgIpc) is 2.33. The average molecular weight is 227 g/mol. The zero-order valence-corrected chi connectivity index (χ0v) is 9.17. The van der Waals surface area contributed by atoms with E-state index in [-0.39, 0.29) is 11.3 Å². The van der Waals surface area contributed by atoms with E-state index in [1.165, 1.54) is 22.9 Å². The number of carbonyl (C=O) groups excluding carboxylic acids is 1. The lowest BCUT2D eigenvalue weighted by atomic mass is 10.2. The number of rotatable bonds is 3. The van der Waals surface area contributed by atoms with Gasteiger partial charge in [0, 0.05) is 37.1 Å². The van der Waals surface area contributed by atoms with E-state index in [9.17, 15) is 9.59 Å². The van der Waals surface area contributed by atoms with Crippen LogP contribution in [-0.2, 0) is 6.54 Å². The van der Waals surface area contributed by atoms with Gasteiger partial charge in [0.05, 0.1) is 6.54 Å². The minimum atomic E-state index is -0.298. The van der Waals surface area contributed by atoms with Crippen molar-refractivity contribution in [1.29, 1.82) is 0 Å². The van der Waals surface area contributed by atoms with Crippen molar-refractivity contribution in [1.82, 2.24) is 9.55 Å². The predicted octanol–water partition coefficient (Wildman–Crippen LogP) is 1.31. The summed E-state index contributed by atoms with van der Waals surface area (Å²) in [5.74, 6) is -0.298. The Morgan fingerprint density at radius 1 is 1.24 bits per heavy atom. The third-order valence-corrected chi connectivity index (χ3v) is 2.41. The van der Waals surface area contributed by atoms with Crippen LogP contribution in [0, 0.1) is 6.92 Å². The summed E-state index contributed by atoms with van der Waals surface area (Å²) >= 11 is 0. The molecule has 1 radical (unpaired) electrons. The van der Waals surface area contributed by atoms with Gasteiger partial charge >= 0.3 is 0 Å². The molecule has 0 amide bonds. The molecular weight excluding hydrogens is 216 g/mol. The summed E-state index contributed by atoms with van der Waals surface area (Å²) in [5.41, 5.74) is 1.24. The molecule has 0 fully saturated rings. The summed E-state index contributed by atoms with van der Waals surface area (Å²) < 4.78 is 1.48. The summed E-state index contributed by atoms with van der Waals surface area (Å²) in [6.07, 6.45) is 4.85. The molecule has 0 aliphatic rings. The number of carbonyl (C=O) groups is 1. The van der Waals surface area contributed by atoms with Gasteiger partial charge < -0.3 is 4.57 Å². The molecule has 2 aromatic heterocycles. The van der Waals surface area contributed by atoms with Crippen molar-refractivity contribution in [3.05, 3.63) is 71.3 Å². The van der Waals surface area contributed by atoms with E-state index in [2.05, 4.69) is 11.9 Å². The van der Waals surface area contributed by atoms with E-state index in [1.54, 1.807) is 12.4 Å². The number of nitrogens with zero attached hydrogens (tertiary/aromatic N) is 2. The first-order valence-corrected chi connectivity index (χ1v) is 5.12. The molecule has 0 N–H and O–H groups in total. The summed E-state index contributed by atoms with van der Waals surface area (Å²) in [6.45, 7) is 3.74. The summed E-state index contributed by atoms with van der Waals surface area (Å²) in [4.78, 5) is 26.6. The zero-order valence-electron chi connectivity index (χ0n) is 9.17. The topological polar surface area (TPSA) is 52.0 Å². The van der Waals surface area contributed by atoms with E-state index in [0.29, 0.717) is 12.1 Å². The van der Waals surface area contributed by atoms with Crippen molar-refractivity contribution in [2.75, 3.05) is 0 Å². The summed E-state index contributed by atoms with van der Waals surface area (Å²) in [6, 6.07) is 6.51.